The fourth-order valence-corrected chi connectivity index (χ4v) is 3.20. The molecule has 1 aromatic carbocycles. The molecule has 0 spiro atoms. The highest BCUT2D eigenvalue weighted by molar-refractivity contribution is 5.79. The summed E-state index contributed by atoms with van der Waals surface area (Å²) >= 11 is 0. The normalized spacial score (nSPS) is 22.8. The van der Waals surface area contributed by atoms with Gasteiger partial charge < -0.3 is 19.1 Å². The molecule has 130 valence electrons. The van der Waals surface area contributed by atoms with Gasteiger partial charge in [-0.2, -0.15) is 0 Å². The summed E-state index contributed by atoms with van der Waals surface area (Å²) in [6.07, 6.45) is 0.468. The van der Waals surface area contributed by atoms with Gasteiger partial charge in [0.1, 0.15) is 18.1 Å². The number of methoxy groups -OCH3 is 1. The van der Waals surface area contributed by atoms with Gasteiger partial charge in [-0.3, -0.25) is 9.69 Å². The number of piperazine rings is 1. The molecule has 24 heavy (non-hydrogen) atoms. The number of carbonyl (C=O) groups excluding carboxylic acids is 2. The van der Waals surface area contributed by atoms with E-state index >= 15 is 0 Å². The first kappa shape index (κ1) is 16.4. The minimum atomic E-state index is -0.402. The van der Waals surface area contributed by atoms with Gasteiger partial charge in [0.05, 0.1) is 12.6 Å². The first-order valence-electron chi connectivity index (χ1n) is 8.07. The molecule has 2 saturated heterocycles. The predicted octanol–water partition coefficient (Wildman–Crippen LogP) is 1.52. The lowest BCUT2D eigenvalue weighted by Gasteiger charge is -2.44. The van der Waals surface area contributed by atoms with E-state index in [4.69, 9.17) is 14.2 Å². The van der Waals surface area contributed by atoms with E-state index in [1.165, 1.54) is 0 Å². The molecule has 2 amide bonds. The SMILES string of the molecule is CCC12COC(=O)N1CCN(C(=O)COc1cccc(OC)c1)C2. The average molecular weight is 334 g/mol. The number of benzene rings is 1. The van der Waals surface area contributed by atoms with Crippen LogP contribution in [-0.2, 0) is 9.53 Å². The lowest BCUT2D eigenvalue weighted by molar-refractivity contribution is -0.137. The van der Waals surface area contributed by atoms with E-state index in [1.54, 1.807) is 29.0 Å². The van der Waals surface area contributed by atoms with E-state index in [2.05, 4.69) is 0 Å². The molecule has 2 aliphatic heterocycles. The Morgan fingerprint density at radius 3 is 2.88 bits per heavy atom. The fraction of sp³-hybridized carbons (Fsp3) is 0.529. The zero-order valence-electron chi connectivity index (χ0n) is 14.0. The van der Waals surface area contributed by atoms with Crippen molar-refractivity contribution in [3.63, 3.8) is 0 Å². The maximum absolute atomic E-state index is 12.5. The minimum Gasteiger partial charge on any atom is -0.497 e. The van der Waals surface area contributed by atoms with Crippen molar-refractivity contribution in [2.75, 3.05) is 40.0 Å². The Kier molecular flexibility index (Phi) is 4.51. The summed E-state index contributed by atoms with van der Waals surface area (Å²) in [6, 6.07) is 7.15. The molecule has 2 aliphatic rings. The monoisotopic (exact) mass is 334 g/mol. The molecule has 1 atom stereocenters. The number of hydrogen-bond donors (Lipinski definition) is 0. The van der Waals surface area contributed by atoms with Crippen LogP contribution in [0.15, 0.2) is 24.3 Å². The van der Waals surface area contributed by atoms with Crippen molar-refractivity contribution in [3.05, 3.63) is 24.3 Å². The van der Waals surface area contributed by atoms with Gasteiger partial charge >= 0.3 is 6.09 Å². The Labute approximate surface area is 141 Å². The molecular weight excluding hydrogens is 312 g/mol. The number of nitrogens with zero attached hydrogens (tertiary/aromatic N) is 2. The Hall–Kier alpha value is -2.44. The summed E-state index contributed by atoms with van der Waals surface area (Å²) in [5.41, 5.74) is -0.402. The third-order valence-electron chi connectivity index (χ3n) is 4.75. The number of cyclic esters (lactones) is 1. The van der Waals surface area contributed by atoms with Gasteiger partial charge in [-0.05, 0) is 18.6 Å². The maximum Gasteiger partial charge on any atom is 0.410 e. The molecule has 0 aliphatic carbocycles. The van der Waals surface area contributed by atoms with Crippen LogP contribution in [0.5, 0.6) is 11.5 Å². The summed E-state index contributed by atoms with van der Waals surface area (Å²) in [6.45, 7) is 3.78. The fourth-order valence-electron chi connectivity index (χ4n) is 3.20. The lowest BCUT2D eigenvalue weighted by atomic mass is 9.93. The highest BCUT2D eigenvalue weighted by Crippen LogP contribution is 2.31. The highest BCUT2D eigenvalue weighted by atomic mass is 16.6. The largest absolute Gasteiger partial charge is 0.497 e. The van der Waals surface area contributed by atoms with Crippen LogP contribution in [0.4, 0.5) is 4.79 Å². The van der Waals surface area contributed by atoms with Gasteiger partial charge in [-0.25, -0.2) is 4.79 Å². The van der Waals surface area contributed by atoms with Crippen molar-refractivity contribution in [2.45, 2.75) is 18.9 Å². The smallest absolute Gasteiger partial charge is 0.410 e. The third kappa shape index (κ3) is 2.98. The van der Waals surface area contributed by atoms with E-state index in [0.29, 0.717) is 37.7 Å². The summed E-state index contributed by atoms with van der Waals surface area (Å²) < 4.78 is 15.9. The van der Waals surface area contributed by atoms with E-state index in [1.807, 2.05) is 19.1 Å². The number of ether oxygens (including phenoxy) is 3. The number of rotatable bonds is 5. The number of carbonyl (C=O) groups is 2. The van der Waals surface area contributed by atoms with Crippen molar-refractivity contribution in [2.24, 2.45) is 0 Å². The first-order chi connectivity index (χ1) is 11.6. The average Bonchev–Trinajstić information content (AvgIpc) is 2.96. The topological polar surface area (TPSA) is 68.3 Å². The molecule has 2 fully saturated rings. The molecule has 1 unspecified atom stereocenters. The van der Waals surface area contributed by atoms with Crippen LogP contribution in [-0.4, -0.2) is 67.3 Å². The summed E-state index contributed by atoms with van der Waals surface area (Å²) in [7, 11) is 1.58. The van der Waals surface area contributed by atoms with Crippen molar-refractivity contribution in [1.29, 1.82) is 0 Å². The van der Waals surface area contributed by atoms with E-state index < -0.39 is 5.54 Å². The van der Waals surface area contributed by atoms with Crippen molar-refractivity contribution >= 4 is 12.0 Å². The second-order valence-corrected chi connectivity index (χ2v) is 6.07. The second kappa shape index (κ2) is 6.59. The Balaban J connectivity index is 1.60. The Morgan fingerprint density at radius 2 is 2.12 bits per heavy atom. The molecule has 0 radical (unpaired) electrons. The summed E-state index contributed by atoms with van der Waals surface area (Å²) in [5, 5.41) is 0. The molecule has 2 heterocycles. The van der Waals surface area contributed by atoms with Gasteiger partial charge in [-0.1, -0.05) is 13.0 Å². The van der Waals surface area contributed by atoms with Crippen LogP contribution in [0.1, 0.15) is 13.3 Å². The summed E-state index contributed by atoms with van der Waals surface area (Å²) in [4.78, 5) is 27.8. The van der Waals surface area contributed by atoms with Crippen LogP contribution in [0.3, 0.4) is 0 Å². The molecule has 0 bridgehead atoms. The quantitative estimate of drug-likeness (QED) is 0.817. The first-order valence-corrected chi connectivity index (χ1v) is 8.07. The number of hydrogen-bond acceptors (Lipinski definition) is 5. The van der Waals surface area contributed by atoms with Crippen molar-refractivity contribution < 1.29 is 23.8 Å². The lowest BCUT2D eigenvalue weighted by Crippen LogP contribution is -2.62. The van der Waals surface area contributed by atoms with Gasteiger partial charge in [0, 0.05) is 25.7 Å². The van der Waals surface area contributed by atoms with E-state index in [-0.39, 0.29) is 18.6 Å². The van der Waals surface area contributed by atoms with Gasteiger partial charge in [-0.15, -0.1) is 0 Å². The van der Waals surface area contributed by atoms with Crippen molar-refractivity contribution in [3.8, 4) is 11.5 Å². The van der Waals surface area contributed by atoms with E-state index in [0.717, 1.165) is 6.42 Å². The standard InChI is InChI=1S/C17H22N2O5/c1-3-17-11-18(7-8-19(17)16(21)24-12-17)15(20)10-23-14-6-4-5-13(9-14)22-2/h4-6,9H,3,7-8,10-12H2,1-2H3. The third-order valence-corrected chi connectivity index (χ3v) is 4.75. The second-order valence-electron chi connectivity index (χ2n) is 6.07. The molecule has 0 saturated carbocycles. The summed E-state index contributed by atoms with van der Waals surface area (Å²) in [5.74, 6) is 1.18. The molecule has 0 aromatic heterocycles. The van der Waals surface area contributed by atoms with Crippen molar-refractivity contribution in [1.82, 2.24) is 9.80 Å². The maximum atomic E-state index is 12.5. The Bertz CT molecular complexity index is 635. The zero-order chi connectivity index (χ0) is 17.2. The molecule has 3 rings (SSSR count). The van der Waals surface area contributed by atoms with Crippen LogP contribution in [0.25, 0.3) is 0 Å². The van der Waals surface area contributed by atoms with Gasteiger partial charge in [0.25, 0.3) is 5.91 Å². The van der Waals surface area contributed by atoms with Crippen LogP contribution >= 0.6 is 0 Å². The molecule has 7 nitrogen and oxygen atoms in total. The van der Waals surface area contributed by atoms with Crippen LogP contribution < -0.4 is 9.47 Å². The Morgan fingerprint density at radius 1 is 1.33 bits per heavy atom. The predicted molar refractivity (Wildman–Crippen MR) is 86.1 cm³/mol. The molecule has 7 heteroatoms. The zero-order valence-corrected chi connectivity index (χ0v) is 14.0. The number of fused-ring (bicyclic) bond motifs is 1. The van der Waals surface area contributed by atoms with Crippen LogP contribution in [0.2, 0.25) is 0 Å². The van der Waals surface area contributed by atoms with E-state index in [9.17, 15) is 9.59 Å². The highest BCUT2D eigenvalue weighted by Gasteiger charge is 2.50. The minimum absolute atomic E-state index is 0.0399. The number of amides is 2. The van der Waals surface area contributed by atoms with Gasteiger partial charge in [0.2, 0.25) is 0 Å². The van der Waals surface area contributed by atoms with Crippen LogP contribution in [0, 0.1) is 0 Å². The molecule has 0 N–H and O–H groups in total. The van der Waals surface area contributed by atoms with Gasteiger partial charge in [0.15, 0.2) is 6.61 Å². The molecule has 1 aromatic rings. The molecular formula is C17H22N2O5.